The second-order valence-corrected chi connectivity index (χ2v) is 3.10. The molecule has 0 saturated carbocycles. The zero-order chi connectivity index (χ0) is 11.5. The number of ether oxygens (including phenoxy) is 1. The first-order chi connectivity index (χ1) is 7.72. The Balaban J connectivity index is 0.00000144. The monoisotopic (exact) mass is 285 g/mol. The maximum atomic E-state index is 11.4. The molecule has 0 aliphatic rings. The number of H-pyrrole nitrogens is 1. The number of nitrogens with two attached hydrogens (primary N) is 1. The normalized spacial score (nSPS) is 9.83. The summed E-state index contributed by atoms with van der Waals surface area (Å²) in [6.45, 7) is 0.300. The molecule has 0 bridgehead atoms. The molecule has 2 aromatic rings. The van der Waals surface area contributed by atoms with Gasteiger partial charge in [-0.2, -0.15) is 4.98 Å². The van der Waals surface area contributed by atoms with Crippen LogP contribution in [0.15, 0.2) is 11.1 Å². The standard InChI is InChI=1S/C8H11N5O3.ClH.Na.H/c9-8-11-6-5(7(15)12-8)10-3-13(6)4-16-2-1-14;;;/h3,14H,1-2,4H2,(H3,9,11,12,15);1H;;. The molecule has 0 aliphatic heterocycles. The van der Waals surface area contributed by atoms with Gasteiger partial charge in [0.15, 0.2) is 11.2 Å². The number of hydrogen-bond acceptors (Lipinski definition) is 6. The molecule has 0 spiro atoms. The van der Waals surface area contributed by atoms with Crippen LogP contribution in [0.2, 0.25) is 0 Å². The molecule has 2 aromatic heterocycles. The van der Waals surface area contributed by atoms with E-state index in [1.807, 2.05) is 0 Å². The molecule has 96 valence electrons. The van der Waals surface area contributed by atoms with Crippen LogP contribution in [0.25, 0.3) is 11.2 Å². The molecule has 2 heterocycles. The van der Waals surface area contributed by atoms with Gasteiger partial charge in [-0.25, -0.2) is 4.98 Å². The third-order valence-electron chi connectivity index (χ3n) is 1.96. The molecule has 0 amide bonds. The van der Waals surface area contributed by atoms with E-state index in [1.165, 1.54) is 10.9 Å². The Bertz CT molecular complexity index is 557. The van der Waals surface area contributed by atoms with Crippen LogP contribution < -0.4 is 11.3 Å². The van der Waals surface area contributed by atoms with Gasteiger partial charge in [-0.15, -0.1) is 12.4 Å². The second-order valence-electron chi connectivity index (χ2n) is 3.10. The van der Waals surface area contributed by atoms with Crippen molar-refractivity contribution >= 4 is 59.1 Å². The summed E-state index contributed by atoms with van der Waals surface area (Å²) in [6.07, 6.45) is 1.43. The summed E-state index contributed by atoms with van der Waals surface area (Å²) in [5.41, 5.74) is 5.60. The molecule has 0 aromatic carbocycles. The minimum atomic E-state index is -0.386. The van der Waals surface area contributed by atoms with Crippen LogP contribution in [0.1, 0.15) is 0 Å². The van der Waals surface area contributed by atoms with Crippen molar-refractivity contribution in [1.29, 1.82) is 0 Å². The first-order valence-corrected chi connectivity index (χ1v) is 4.61. The van der Waals surface area contributed by atoms with Crippen molar-refractivity contribution in [2.45, 2.75) is 6.73 Å². The van der Waals surface area contributed by atoms with Crippen molar-refractivity contribution in [3.05, 3.63) is 16.7 Å². The Hall–Kier alpha value is -0.640. The Morgan fingerprint density at radius 2 is 2.28 bits per heavy atom. The van der Waals surface area contributed by atoms with Crippen molar-refractivity contribution in [2.75, 3.05) is 18.9 Å². The summed E-state index contributed by atoms with van der Waals surface area (Å²) in [6, 6.07) is 0. The van der Waals surface area contributed by atoms with Gasteiger partial charge in [0.25, 0.3) is 5.56 Å². The molecule has 0 saturated heterocycles. The summed E-state index contributed by atoms with van der Waals surface area (Å²) in [5, 5.41) is 8.56. The number of hydrogen-bond donors (Lipinski definition) is 3. The minimum absolute atomic E-state index is 0. The number of aliphatic hydroxyl groups excluding tert-OH is 1. The van der Waals surface area contributed by atoms with Gasteiger partial charge < -0.3 is 15.6 Å². The number of halogens is 1. The third-order valence-corrected chi connectivity index (χ3v) is 1.96. The molecule has 0 radical (unpaired) electrons. The number of aromatic nitrogens is 4. The van der Waals surface area contributed by atoms with E-state index < -0.39 is 0 Å². The summed E-state index contributed by atoms with van der Waals surface area (Å²) < 4.78 is 6.63. The second kappa shape index (κ2) is 7.72. The number of fused-ring (bicyclic) bond motifs is 1. The van der Waals surface area contributed by atoms with E-state index >= 15 is 0 Å². The van der Waals surface area contributed by atoms with Crippen LogP contribution in [0.4, 0.5) is 5.95 Å². The number of imidazole rings is 1. The summed E-state index contributed by atoms with van der Waals surface area (Å²) in [5.74, 6) is 0.0291. The Morgan fingerprint density at radius 3 is 2.94 bits per heavy atom. The van der Waals surface area contributed by atoms with Crippen molar-refractivity contribution in [3.63, 3.8) is 0 Å². The van der Waals surface area contributed by atoms with Gasteiger partial charge in [0.1, 0.15) is 6.73 Å². The number of anilines is 1. The number of aromatic amines is 1. The number of nitrogen functional groups attached to an aromatic ring is 1. The van der Waals surface area contributed by atoms with Crippen LogP contribution in [-0.2, 0) is 11.5 Å². The molecule has 0 atom stereocenters. The molecular weight excluding hydrogens is 273 g/mol. The predicted octanol–water partition coefficient (Wildman–Crippen LogP) is -1.56. The summed E-state index contributed by atoms with van der Waals surface area (Å²) in [7, 11) is 0. The molecule has 10 heteroatoms. The van der Waals surface area contributed by atoms with Gasteiger partial charge in [0.05, 0.1) is 19.5 Å². The van der Waals surface area contributed by atoms with E-state index in [2.05, 4.69) is 15.0 Å². The van der Waals surface area contributed by atoms with Crippen molar-refractivity contribution in [1.82, 2.24) is 19.5 Å². The topological polar surface area (TPSA) is 119 Å². The fraction of sp³-hybridized carbons (Fsp3) is 0.375. The maximum absolute atomic E-state index is 11.4. The summed E-state index contributed by atoms with van der Waals surface area (Å²) >= 11 is 0. The Labute approximate surface area is 130 Å². The third kappa shape index (κ3) is 3.67. The number of rotatable bonds is 4. The first-order valence-electron chi connectivity index (χ1n) is 4.61. The average Bonchev–Trinajstić information content (AvgIpc) is 2.62. The predicted molar refractivity (Wildman–Crippen MR) is 70.0 cm³/mol. The zero-order valence-electron chi connectivity index (χ0n) is 8.79. The summed E-state index contributed by atoms with van der Waals surface area (Å²) in [4.78, 5) is 21.6. The fourth-order valence-electron chi connectivity index (χ4n) is 1.29. The first kappa shape index (κ1) is 17.4. The van der Waals surface area contributed by atoms with Crippen LogP contribution >= 0.6 is 12.4 Å². The average molecular weight is 286 g/mol. The fourth-order valence-corrected chi connectivity index (χ4v) is 1.29. The molecule has 4 N–H and O–H groups in total. The van der Waals surface area contributed by atoms with E-state index in [0.717, 1.165) is 0 Å². The molecule has 0 unspecified atom stereocenters. The van der Waals surface area contributed by atoms with Crippen molar-refractivity contribution in [3.8, 4) is 0 Å². The van der Waals surface area contributed by atoms with Crippen LogP contribution in [0.5, 0.6) is 0 Å². The number of aliphatic hydroxyl groups is 1. The Morgan fingerprint density at radius 1 is 1.56 bits per heavy atom. The molecule has 0 fully saturated rings. The van der Waals surface area contributed by atoms with Crippen LogP contribution in [0, 0.1) is 0 Å². The van der Waals surface area contributed by atoms with Gasteiger partial charge in [-0.3, -0.25) is 14.3 Å². The molecule has 8 nitrogen and oxygen atoms in total. The zero-order valence-corrected chi connectivity index (χ0v) is 9.61. The van der Waals surface area contributed by atoms with E-state index in [1.54, 1.807) is 0 Å². The molecule has 0 aliphatic carbocycles. The van der Waals surface area contributed by atoms with Gasteiger partial charge in [-0.05, 0) is 0 Å². The SMILES string of the molecule is Cl.Nc1nc2c(ncn2COCCO)c(=O)[nH]1.[NaH]. The Kier molecular flexibility index (Phi) is 7.45. The molecule has 2 rings (SSSR count). The quantitative estimate of drug-likeness (QED) is 0.462. The van der Waals surface area contributed by atoms with Gasteiger partial charge in [0.2, 0.25) is 5.95 Å². The van der Waals surface area contributed by atoms with E-state index in [9.17, 15) is 4.79 Å². The van der Waals surface area contributed by atoms with E-state index in [-0.39, 0.29) is 78.9 Å². The van der Waals surface area contributed by atoms with Gasteiger partial charge in [-0.1, -0.05) is 0 Å². The van der Waals surface area contributed by atoms with Crippen molar-refractivity contribution in [2.24, 2.45) is 0 Å². The molecular formula is C8H13ClN5NaO3. The van der Waals surface area contributed by atoms with Crippen LogP contribution in [-0.4, -0.2) is 67.4 Å². The van der Waals surface area contributed by atoms with Gasteiger partial charge in [0, 0.05) is 0 Å². The van der Waals surface area contributed by atoms with E-state index in [4.69, 9.17) is 15.6 Å². The number of nitrogens with zero attached hydrogens (tertiary/aromatic N) is 3. The van der Waals surface area contributed by atoms with Crippen LogP contribution in [0.3, 0.4) is 0 Å². The van der Waals surface area contributed by atoms with Gasteiger partial charge >= 0.3 is 29.6 Å². The van der Waals surface area contributed by atoms with Crippen molar-refractivity contribution < 1.29 is 9.84 Å². The van der Waals surface area contributed by atoms with E-state index in [0.29, 0.717) is 5.65 Å². The number of nitrogens with one attached hydrogen (secondary N) is 1. The molecule has 18 heavy (non-hydrogen) atoms.